The number of benzene rings is 1. The van der Waals surface area contributed by atoms with Crippen LogP contribution < -0.4 is 14.4 Å². The highest BCUT2D eigenvalue weighted by atomic mass is 35.5. The number of aromatic nitrogens is 3. The zero-order valence-corrected chi connectivity index (χ0v) is 19.0. The van der Waals surface area contributed by atoms with Crippen molar-refractivity contribution in [2.45, 2.75) is 25.4 Å². The lowest BCUT2D eigenvalue weighted by Gasteiger charge is -2.39. The highest BCUT2D eigenvalue weighted by molar-refractivity contribution is 6.30. The van der Waals surface area contributed by atoms with Gasteiger partial charge in [-0.1, -0.05) is 11.6 Å². The van der Waals surface area contributed by atoms with Crippen molar-refractivity contribution in [3.8, 4) is 22.9 Å². The second-order valence-electron chi connectivity index (χ2n) is 7.82. The number of halogens is 3. The summed E-state index contributed by atoms with van der Waals surface area (Å²) in [5.74, 6) is -1.79. The van der Waals surface area contributed by atoms with Crippen LogP contribution in [0.1, 0.15) is 19.8 Å². The second-order valence-corrected chi connectivity index (χ2v) is 8.21. The number of methoxy groups -OCH3 is 3. The first-order valence-electron chi connectivity index (χ1n) is 10.0. The maximum absolute atomic E-state index is 15.2. The largest absolute Gasteiger partial charge is 0.494 e. The fourth-order valence-corrected chi connectivity index (χ4v) is 3.98. The molecule has 0 bridgehead atoms. The fraction of sp³-hybridized carbons (Fsp3) is 0.409. The van der Waals surface area contributed by atoms with Gasteiger partial charge in [-0.05, 0) is 25.8 Å². The lowest BCUT2D eigenvalue weighted by atomic mass is 9.93. The Balaban J connectivity index is 1.91. The van der Waals surface area contributed by atoms with E-state index in [0.29, 0.717) is 29.8 Å². The smallest absolute Gasteiger partial charge is 0.179 e. The molecule has 0 aliphatic carbocycles. The molecule has 0 N–H and O–H groups in total. The van der Waals surface area contributed by atoms with Crippen LogP contribution >= 0.6 is 11.6 Å². The Morgan fingerprint density at radius 1 is 1.00 bits per heavy atom. The minimum Gasteiger partial charge on any atom is -0.494 e. The first kappa shape index (κ1) is 22.4. The first-order valence-corrected chi connectivity index (χ1v) is 10.4. The van der Waals surface area contributed by atoms with Gasteiger partial charge in [0.15, 0.2) is 29.0 Å². The van der Waals surface area contributed by atoms with Crippen molar-refractivity contribution in [3.63, 3.8) is 0 Å². The van der Waals surface area contributed by atoms with Crippen molar-refractivity contribution < 1.29 is 23.0 Å². The van der Waals surface area contributed by atoms with E-state index in [9.17, 15) is 0 Å². The molecular formula is C22H23ClF2N4O3. The molecule has 0 atom stereocenters. The number of hydrogen-bond acceptors (Lipinski definition) is 7. The standard InChI is InChI=1S/C22H23ClF2N4O3/c1-22(32-4)5-7-29(8-6-22)21-12-9-16(23)26-11-13(12)27-20(28-21)17-18(24)14(30-2)10-15(31-3)19(17)25/h9-11H,5-8H2,1-4H3. The molecular weight excluding hydrogens is 442 g/mol. The van der Waals surface area contributed by atoms with E-state index >= 15 is 8.78 Å². The molecule has 1 aliphatic rings. The number of hydrogen-bond donors (Lipinski definition) is 0. The highest BCUT2D eigenvalue weighted by Gasteiger charge is 2.32. The molecule has 2 aromatic heterocycles. The number of anilines is 1. The summed E-state index contributed by atoms with van der Waals surface area (Å²) in [5.41, 5.74) is -0.257. The van der Waals surface area contributed by atoms with Gasteiger partial charge in [-0.25, -0.2) is 23.7 Å². The topological polar surface area (TPSA) is 69.6 Å². The van der Waals surface area contributed by atoms with E-state index < -0.39 is 17.2 Å². The number of ether oxygens (including phenoxy) is 3. The summed E-state index contributed by atoms with van der Waals surface area (Å²) in [4.78, 5) is 15.1. The summed E-state index contributed by atoms with van der Waals surface area (Å²) in [6.45, 7) is 3.34. The maximum Gasteiger partial charge on any atom is 0.179 e. The van der Waals surface area contributed by atoms with Crippen LogP contribution in [0.15, 0.2) is 18.3 Å². The van der Waals surface area contributed by atoms with Crippen LogP contribution in [-0.2, 0) is 4.74 Å². The molecule has 0 unspecified atom stereocenters. The Morgan fingerprint density at radius 2 is 1.62 bits per heavy atom. The molecule has 10 heteroatoms. The first-order chi connectivity index (χ1) is 15.3. The summed E-state index contributed by atoms with van der Waals surface area (Å²) in [6.07, 6.45) is 2.99. The van der Waals surface area contributed by atoms with Crippen molar-refractivity contribution in [1.82, 2.24) is 15.0 Å². The zero-order valence-electron chi connectivity index (χ0n) is 18.2. The molecule has 0 saturated carbocycles. The Morgan fingerprint density at radius 3 is 2.19 bits per heavy atom. The van der Waals surface area contributed by atoms with E-state index in [-0.39, 0.29) is 28.1 Å². The lowest BCUT2D eigenvalue weighted by Crippen LogP contribution is -2.44. The van der Waals surface area contributed by atoms with Gasteiger partial charge < -0.3 is 19.1 Å². The minimum absolute atomic E-state index is 0.135. The van der Waals surface area contributed by atoms with Crippen molar-refractivity contribution in [1.29, 1.82) is 0 Å². The monoisotopic (exact) mass is 464 g/mol. The van der Waals surface area contributed by atoms with Gasteiger partial charge in [0.1, 0.15) is 11.0 Å². The van der Waals surface area contributed by atoms with E-state index in [1.54, 1.807) is 13.2 Å². The molecule has 0 spiro atoms. The molecule has 1 fully saturated rings. The van der Waals surface area contributed by atoms with E-state index in [4.69, 9.17) is 25.8 Å². The van der Waals surface area contributed by atoms with Crippen molar-refractivity contribution in [2.75, 3.05) is 39.3 Å². The Hall–Kier alpha value is -2.78. The number of rotatable bonds is 5. The summed E-state index contributed by atoms with van der Waals surface area (Å²) in [5, 5.41) is 0.916. The lowest BCUT2D eigenvalue weighted by molar-refractivity contribution is -0.0133. The van der Waals surface area contributed by atoms with E-state index in [1.807, 2.05) is 4.90 Å². The SMILES string of the molecule is COc1cc(OC)c(F)c(-c2nc(N3CCC(C)(OC)CC3)c3cc(Cl)ncc3n2)c1F. The van der Waals surface area contributed by atoms with Gasteiger partial charge in [-0.2, -0.15) is 0 Å². The Kier molecular flexibility index (Phi) is 6.05. The summed E-state index contributed by atoms with van der Waals surface area (Å²) in [7, 11) is 4.28. The molecule has 0 amide bonds. The van der Waals surface area contributed by atoms with Gasteiger partial charge in [0, 0.05) is 31.7 Å². The molecule has 170 valence electrons. The van der Waals surface area contributed by atoms with Crippen LogP contribution in [0.5, 0.6) is 11.5 Å². The third-order valence-electron chi connectivity index (χ3n) is 5.94. The fourth-order valence-electron chi connectivity index (χ4n) is 3.82. The van der Waals surface area contributed by atoms with Gasteiger partial charge >= 0.3 is 0 Å². The predicted octanol–water partition coefficient (Wildman–Crippen LogP) is 4.65. The molecule has 1 aromatic carbocycles. The van der Waals surface area contributed by atoms with Gasteiger partial charge in [0.25, 0.3) is 0 Å². The highest BCUT2D eigenvalue weighted by Crippen LogP contribution is 2.39. The zero-order chi connectivity index (χ0) is 23.0. The summed E-state index contributed by atoms with van der Waals surface area (Å²) in [6, 6.07) is 2.80. The van der Waals surface area contributed by atoms with Crippen LogP contribution in [0.2, 0.25) is 5.15 Å². The van der Waals surface area contributed by atoms with Crippen LogP contribution in [-0.4, -0.2) is 55.0 Å². The predicted molar refractivity (Wildman–Crippen MR) is 118 cm³/mol. The average Bonchev–Trinajstić information content (AvgIpc) is 2.79. The quantitative estimate of drug-likeness (QED) is 0.509. The molecule has 1 saturated heterocycles. The Bertz CT molecular complexity index is 1140. The number of nitrogens with zero attached hydrogens (tertiary/aromatic N) is 4. The van der Waals surface area contributed by atoms with Crippen LogP contribution in [0.4, 0.5) is 14.6 Å². The normalized spacial score (nSPS) is 15.8. The maximum atomic E-state index is 15.2. The van der Waals surface area contributed by atoms with Crippen LogP contribution in [0.25, 0.3) is 22.3 Å². The third kappa shape index (κ3) is 3.91. The molecule has 1 aliphatic heterocycles. The van der Waals surface area contributed by atoms with Gasteiger partial charge in [-0.3, -0.25) is 0 Å². The Labute approximate surface area is 189 Å². The molecule has 32 heavy (non-hydrogen) atoms. The van der Waals surface area contributed by atoms with E-state index in [2.05, 4.69) is 21.9 Å². The third-order valence-corrected chi connectivity index (χ3v) is 6.15. The molecule has 4 rings (SSSR count). The second kappa shape index (κ2) is 8.63. The number of fused-ring (bicyclic) bond motifs is 1. The molecule has 3 heterocycles. The van der Waals surface area contributed by atoms with Crippen LogP contribution in [0, 0.1) is 11.6 Å². The van der Waals surface area contributed by atoms with Gasteiger partial charge in [0.2, 0.25) is 0 Å². The molecule has 7 nitrogen and oxygen atoms in total. The summed E-state index contributed by atoms with van der Waals surface area (Å²) < 4.78 is 46.1. The van der Waals surface area contributed by atoms with E-state index in [0.717, 1.165) is 18.9 Å². The van der Waals surface area contributed by atoms with Crippen molar-refractivity contribution >= 4 is 28.3 Å². The summed E-state index contributed by atoms with van der Waals surface area (Å²) >= 11 is 6.13. The van der Waals surface area contributed by atoms with E-state index in [1.165, 1.54) is 20.4 Å². The number of pyridine rings is 1. The minimum atomic E-state index is -0.913. The molecule has 3 aromatic rings. The van der Waals surface area contributed by atoms with Crippen LogP contribution in [0.3, 0.4) is 0 Å². The average molecular weight is 465 g/mol. The van der Waals surface area contributed by atoms with Gasteiger partial charge in [-0.15, -0.1) is 0 Å². The van der Waals surface area contributed by atoms with Crippen molar-refractivity contribution in [3.05, 3.63) is 35.1 Å². The molecule has 0 radical (unpaired) electrons. The van der Waals surface area contributed by atoms with Gasteiger partial charge in [0.05, 0.1) is 37.1 Å². The number of piperidine rings is 1. The van der Waals surface area contributed by atoms with Crippen molar-refractivity contribution in [2.24, 2.45) is 0 Å².